The molecule has 0 atom stereocenters. The summed E-state index contributed by atoms with van der Waals surface area (Å²) >= 11 is 2.97. The Morgan fingerprint density at radius 1 is 0.952 bits per heavy atom. The van der Waals surface area contributed by atoms with Crippen molar-refractivity contribution in [3.63, 3.8) is 0 Å². The third-order valence-electron chi connectivity index (χ3n) is 2.85. The van der Waals surface area contributed by atoms with E-state index in [9.17, 15) is 13.6 Å². The summed E-state index contributed by atoms with van der Waals surface area (Å²) in [6, 6.07) is 6.42. The van der Waals surface area contributed by atoms with Crippen LogP contribution in [0.1, 0.15) is 15.9 Å². The molecular weight excluding hydrogens is 346 g/mol. The maximum atomic E-state index is 13.9. The van der Waals surface area contributed by atoms with Gasteiger partial charge in [0.2, 0.25) is 0 Å². The molecule has 0 aliphatic carbocycles. The molecular formula is C15H11BrF2O3. The summed E-state index contributed by atoms with van der Waals surface area (Å²) in [6.07, 6.45) is 0. The highest BCUT2D eigenvalue weighted by atomic mass is 79.9. The highest BCUT2D eigenvalue weighted by Gasteiger charge is 2.21. The molecule has 0 unspecified atom stereocenters. The van der Waals surface area contributed by atoms with E-state index in [-0.39, 0.29) is 10.0 Å². The molecule has 0 saturated heterocycles. The zero-order chi connectivity index (χ0) is 15.6. The van der Waals surface area contributed by atoms with E-state index in [2.05, 4.69) is 15.9 Å². The lowest BCUT2D eigenvalue weighted by Crippen LogP contribution is -2.08. The van der Waals surface area contributed by atoms with E-state index in [0.717, 1.165) is 12.1 Å². The second kappa shape index (κ2) is 6.22. The number of rotatable bonds is 4. The van der Waals surface area contributed by atoms with Gasteiger partial charge in [0.1, 0.15) is 23.1 Å². The molecule has 0 heterocycles. The van der Waals surface area contributed by atoms with Gasteiger partial charge in [0, 0.05) is 16.1 Å². The molecule has 0 bridgehead atoms. The second-order valence-corrected chi connectivity index (χ2v) is 5.09. The Morgan fingerprint density at radius 3 is 1.86 bits per heavy atom. The SMILES string of the molecule is COc1cc(OC)cc(C(=O)c2c(F)cc(Br)cc2F)c1. The van der Waals surface area contributed by atoms with Crippen LogP contribution >= 0.6 is 15.9 Å². The number of halogens is 3. The third-order valence-corrected chi connectivity index (χ3v) is 3.31. The highest BCUT2D eigenvalue weighted by molar-refractivity contribution is 9.10. The van der Waals surface area contributed by atoms with E-state index < -0.39 is 23.0 Å². The van der Waals surface area contributed by atoms with Crippen molar-refractivity contribution >= 4 is 21.7 Å². The minimum Gasteiger partial charge on any atom is -0.497 e. The van der Waals surface area contributed by atoms with Crippen LogP contribution in [0.3, 0.4) is 0 Å². The summed E-state index contributed by atoms with van der Waals surface area (Å²) in [5.74, 6) is -1.94. The van der Waals surface area contributed by atoms with E-state index in [1.165, 1.54) is 26.4 Å². The van der Waals surface area contributed by atoms with Gasteiger partial charge in [-0.2, -0.15) is 0 Å². The Bertz CT molecular complexity index is 656. The van der Waals surface area contributed by atoms with Gasteiger partial charge in [0.05, 0.1) is 19.8 Å². The molecule has 0 aliphatic heterocycles. The van der Waals surface area contributed by atoms with E-state index in [1.807, 2.05) is 0 Å². The monoisotopic (exact) mass is 356 g/mol. The molecule has 2 aromatic carbocycles. The first-order valence-corrected chi connectivity index (χ1v) is 6.68. The number of carbonyl (C=O) groups excluding carboxylic acids is 1. The van der Waals surface area contributed by atoms with Gasteiger partial charge in [0.25, 0.3) is 0 Å². The van der Waals surface area contributed by atoms with Crippen LogP contribution in [-0.4, -0.2) is 20.0 Å². The quantitative estimate of drug-likeness (QED) is 0.777. The summed E-state index contributed by atoms with van der Waals surface area (Å²) < 4.78 is 38.0. The first-order chi connectivity index (χ1) is 9.96. The molecule has 21 heavy (non-hydrogen) atoms. The minimum atomic E-state index is -0.936. The van der Waals surface area contributed by atoms with Crippen molar-refractivity contribution in [2.24, 2.45) is 0 Å². The van der Waals surface area contributed by atoms with E-state index in [4.69, 9.17) is 9.47 Å². The number of benzene rings is 2. The summed E-state index contributed by atoms with van der Waals surface area (Å²) in [4.78, 5) is 12.3. The van der Waals surface area contributed by atoms with Crippen molar-refractivity contribution in [3.8, 4) is 11.5 Å². The van der Waals surface area contributed by atoms with Crippen LogP contribution in [0.15, 0.2) is 34.8 Å². The fraction of sp³-hybridized carbons (Fsp3) is 0.133. The van der Waals surface area contributed by atoms with Crippen LogP contribution in [0, 0.1) is 11.6 Å². The zero-order valence-electron chi connectivity index (χ0n) is 11.2. The predicted octanol–water partition coefficient (Wildman–Crippen LogP) is 3.98. The fourth-order valence-corrected chi connectivity index (χ4v) is 2.24. The molecule has 0 amide bonds. The van der Waals surface area contributed by atoms with Crippen molar-refractivity contribution < 1.29 is 23.0 Å². The molecule has 0 aliphatic rings. The molecule has 0 fully saturated rings. The average molecular weight is 357 g/mol. The molecule has 110 valence electrons. The van der Waals surface area contributed by atoms with Crippen LogP contribution in [0.4, 0.5) is 8.78 Å². The lowest BCUT2D eigenvalue weighted by atomic mass is 10.0. The van der Waals surface area contributed by atoms with Crippen molar-refractivity contribution in [2.75, 3.05) is 14.2 Å². The number of ether oxygens (including phenoxy) is 2. The van der Waals surface area contributed by atoms with Crippen LogP contribution in [0.25, 0.3) is 0 Å². The van der Waals surface area contributed by atoms with Gasteiger partial charge in [-0.3, -0.25) is 4.79 Å². The molecule has 6 heteroatoms. The Kier molecular flexibility index (Phi) is 4.57. The summed E-state index contributed by atoms with van der Waals surface area (Å²) in [7, 11) is 2.84. The van der Waals surface area contributed by atoms with Crippen molar-refractivity contribution in [1.82, 2.24) is 0 Å². The maximum absolute atomic E-state index is 13.9. The lowest BCUT2D eigenvalue weighted by Gasteiger charge is -2.09. The lowest BCUT2D eigenvalue weighted by molar-refractivity contribution is 0.103. The molecule has 2 aromatic rings. The summed E-state index contributed by atoms with van der Waals surface area (Å²) in [6.45, 7) is 0. The van der Waals surface area contributed by atoms with Crippen LogP contribution in [-0.2, 0) is 0 Å². The third kappa shape index (κ3) is 3.21. The number of methoxy groups -OCH3 is 2. The zero-order valence-corrected chi connectivity index (χ0v) is 12.8. The van der Waals surface area contributed by atoms with Crippen molar-refractivity contribution in [1.29, 1.82) is 0 Å². The van der Waals surface area contributed by atoms with Gasteiger partial charge < -0.3 is 9.47 Å². The standard InChI is InChI=1S/C15H11BrF2O3/c1-20-10-3-8(4-11(7-10)21-2)15(19)14-12(17)5-9(16)6-13(14)18/h3-7H,1-2H3. The first-order valence-electron chi connectivity index (χ1n) is 5.88. The molecule has 0 saturated carbocycles. The van der Waals surface area contributed by atoms with Crippen LogP contribution in [0.2, 0.25) is 0 Å². The molecule has 0 radical (unpaired) electrons. The van der Waals surface area contributed by atoms with Gasteiger partial charge in [-0.15, -0.1) is 0 Å². The largest absolute Gasteiger partial charge is 0.497 e. The van der Waals surface area contributed by atoms with Crippen molar-refractivity contribution in [3.05, 3.63) is 57.6 Å². The number of hydrogen-bond acceptors (Lipinski definition) is 3. The predicted molar refractivity (Wildman–Crippen MR) is 77.0 cm³/mol. The minimum absolute atomic E-state index is 0.0753. The topological polar surface area (TPSA) is 35.5 Å². The number of carbonyl (C=O) groups is 1. The molecule has 0 spiro atoms. The van der Waals surface area contributed by atoms with Gasteiger partial charge in [-0.05, 0) is 24.3 Å². The smallest absolute Gasteiger partial charge is 0.199 e. The Hall–Kier alpha value is -1.95. The van der Waals surface area contributed by atoms with Gasteiger partial charge >= 0.3 is 0 Å². The van der Waals surface area contributed by atoms with E-state index in [1.54, 1.807) is 6.07 Å². The highest BCUT2D eigenvalue weighted by Crippen LogP contribution is 2.27. The Labute approximate surface area is 128 Å². The first kappa shape index (κ1) is 15.4. The summed E-state index contributed by atoms with van der Waals surface area (Å²) in [5.41, 5.74) is -0.542. The van der Waals surface area contributed by atoms with Crippen LogP contribution in [0.5, 0.6) is 11.5 Å². The second-order valence-electron chi connectivity index (χ2n) is 4.17. The van der Waals surface area contributed by atoms with Crippen LogP contribution < -0.4 is 9.47 Å². The Balaban J connectivity index is 2.55. The molecule has 3 nitrogen and oxygen atoms in total. The van der Waals surface area contributed by atoms with Crippen molar-refractivity contribution in [2.45, 2.75) is 0 Å². The van der Waals surface area contributed by atoms with E-state index in [0.29, 0.717) is 11.5 Å². The molecule has 0 aromatic heterocycles. The van der Waals surface area contributed by atoms with E-state index >= 15 is 0 Å². The Morgan fingerprint density at radius 2 is 1.43 bits per heavy atom. The van der Waals surface area contributed by atoms with Gasteiger partial charge in [-0.25, -0.2) is 8.78 Å². The summed E-state index contributed by atoms with van der Waals surface area (Å²) in [5, 5.41) is 0. The fourth-order valence-electron chi connectivity index (χ4n) is 1.84. The molecule has 2 rings (SSSR count). The number of hydrogen-bond donors (Lipinski definition) is 0. The maximum Gasteiger partial charge on any atom is 0.199 e. The average Bonchev–Trinajstić information content (AvgIpc) is 2.45. The number of ketones is 1. The normalized spacial score (nSPS) is 10.3. The van der Waals surface area contributed by atoms with Gasteiger partial charge in [-0.1, -0.05) is 15.9 Å². The molecule has 0 N–H and O–H groups in total. The van der Waals surface area contributed by atoms with Gasteiger partial charge in [0.15, 0.2) is 5.78 Å².